The normalized spacial score (nSPS) is 18.4. The molecule has 0 saturated carbocycles. The van der Waals surface area contributed by atoms with Crippen LogP contribution >= 0.6 is 0 Å². The van der Waals surface area contributed by atoms with Gasteiger partial charge in [-0.3, -0.25) is 4.68 Å². The van der Waals surface area contributed by atoms with Crippen LogP contribution < -0.4 is 10.6 Å². The molecule has 3 heterocycles. The summed E-state index contributed by atoms with van der Waals surface area (Å²) >= 11 is 0. The predicted octanol–water partition coefficient (Wildman–Crippen LogP) is 2.68. The summed E-state index contributed by atoms with van der Waals surface area (Å²) in [5.41, 5.74) is 1.95. The standard InChI is InChI=1S/C16H21F2N5/c1-10-12(13-8-14(16(2,17)18)23(3)22-13)4-5-15(20-10)21-11-6-7-19-9-11/h4-5,8,11,19H,6-7,9H2,1-3H3,(H,20,21)/t11-/m0/s1. The summed E-state index contributed by atoms with van der Waals surface area (Å²) in [4.78, 5) is 4.54. The van der Waals surface area contributed by atoms with Crippen LogP contribution in [0.3, 0.4) is 0 Å². The smallest absolute Gasteiger partial charge is 0.286 e. The summed E-state index contributed by atoms with van der Waals surface area (Å²) < 4.78 is 28.3. The van der Waals surface area contributed by atoms with E-state index >= 15 is 0 Å². The molecular weight excluding hydrogens is 300 g/mol. The highest BCUT2D eigenvalue weighted by molar-refractivity contribution is 5.64. The first-order valence-electron chi connectivity index (χ1n) is 7.72. The maximum absolute atomic E-state index is 13.5. The Balaban J connectivity index is 1.86. The van der Waals surface area contributed by atoms with Gasteiger partial charge in [0.1, 0.15) is 11.5 Å². The number of alkyl halides is 2. The minimum Gasteiger partial charge on any atom is -0.366 e. The van der Waals surface area contributed by atoms with Gasteiger partial charge in [0.15, 0.2) is 0 Å². The minimum atomic E-state index is -2.92. The van der Waals surface area contributed by atoms with Crippen molar-refractivity contribution in [2.75, 3.05) is 18.4 Å². The van der Waals surface area contributed by atoms with Crippen molar-refractivity contribution in [3.05, 3.63) is 29.6 Å². The Hall–Kier alpha value is -2.02. The molecule has 23 heavy (non-hydrogen) atoms. The third-order valence-corrected chi connectivity index (χ3v) is 4.10. The molecule has 2 N–H and O–H groups in total. The lowest BCUT2D eigenvalue weighted by Gasteiger charge is -2.13. The molecule has 0 spiro atoms. The molecule has 5 nitrogen and oxygen atoms in total. The first-order chi connectivity index (χ1) is 10.8. The molecule has 1 atom stereocenters. The highest BCUT2D eigenvalue weighted by atomic mass is 19.3. The summed E-state index contributed by atoms with van der Waals surface area (Å²) in [5.74, 6) is -2.12. The SMILES string of the molecule is Cc1nc(N[C@H]2CCNC2)ccc1-c1cc(C(C)(F)F)n(C)n1. The van der Waals surface area contributed by atoms with Gasteiger partial charge in [0, 0.05) is 37.8 Å². The number of nitrogens with one attached hydrogen (secondary N) is 2. The number of pyridine rings is 1. The molecule has 124 valence electrons. The van der Waals surface area contributed by atoms with Gasteiger partial charge in [0.25, 0.3) is 5.92 Å². The Bertz CT molecular complexity index is 699. The molecule has 0 aromatic carbocycles. The molecule has 3 rings (SSSR count). The number of anilines is 1. The lowest BCUT2D eigenvalue weighted by molar-refractivity contribution is 0.00883. The maximum Gasteiger partial charge on any atom is 0.286 e. The molecular formula is C16H21F2N5. The highest BCUT2D eigenvalue weighted by Crippen LogP contribution is 2.31. The van der Waals surface area contributed by atoms with E-state index < -0.39 is 5.92 Å². The van der Waals surface area contributed by atoms with Crippen LogP contribution in [0.5, 0.6) is 0 Å². The van der Waals surface area contributed by atoms with Gasteiger partial charge < -0.3 is 10.6 Å². The van der Waals surface area contributed by atoms with E-state index in [2.05, 4.69) is 20.7 Å². The van der Waals surface area contributed by atoms with Crippen molar-refractivity contribution in [2.24, 2.45) is 7.05 Å². The number of rotatable bonds is 4. The first-order valence-corrected chi connectivity index (χ1v) is 7.72. The van der Waals surface area contributed by atoms with Crippen molar-refractivity contribution < 1.29 is 8.78 Å². The number of nitrogens with zero attached hydrogens (tertiary/aromatic N) is 3. The predicted molar refractivity (Wildman–Crippen MR) is 85.6 cm³/mol. The van der Waals surface area contributed by atoms with Crippen LogP contribution in [0.1, 0.15) is 24.7 Å². The van der Waals surface area contributed by atoms with Crippen LogP contribution in [0.25, 0.3) is 11.3 Å². The van der Waals surface area contributed by atoms with Gasteiger partial charge in [-0.25, -0.2) is 4.98 Å². The second-order valence-electron chi connectivity index (χ2n) is 6.09. The van der Waals surface area contributed by atoms with E-state index in [4.69, 9.17) is 0 Å². The van der Waals surface area contributed by atoms with Crippen molar-refractivity contribution in [3.8, 4) is 11.3 Å². The van der Waals surface area contributed by atoms with Crippen molar-refractivity contribution >= 4 is 5.82 Å². The van der Waals surface area contributed by atoms with E-state index in [1.54, 1.807) is 0 Å². The van der Waals surface area contributed by atoms with Gasteiger partial charge in [0.2, 0.25) is 0 Å². The van der Waals surface area contributed by atoms with E-state index in [9.17, 15) is 8.78 Å². The average Bonchev–Trinajstić information content (AvgIpc) is 3.08. The van der Waals surface area contributed by atoms with Gasteiger partial charge in [-0.2, -0.15) is 13.9 Å². The number of aryl methyl sites for hydroxylation is 2. The molecule has 1 aliphatic rings. The Kier molecular flexibility index (Phi) is 4.06. The number of halogens is 2. The molecule has 0 amide bonds. The summed E-state index contributed by atoms with van der Waals surface area (Å²) in [5, 5.41) is 10.9. The zero-order valence-corrected chi connectivity index (χ0v) is 13.5. The summed E-state index contributed by atoms with van der Waals surface area (Å²) in [6.07, 6.45) is 1.07. The first kappa shape index (κ1) is 15.9. The fourth-order valence-electron chi connectivity index (χ4n) is 2.91. The maximum atomic E-state index is 13.5. The molecule has 2 aromatic rings. The molecule has 0 bridgehead atoms. The summed E-state index contributed by atoms with van der Waals surface area (Å²) in [6.45, 7) is 4.68. The fourth-order valence-corrected chi connectivity index (χ4v) is 2.91. The summed E-state index contributed by atoms with van der Waals surface area (Å²) in [6, 6.07) is 5.57. The molecule has 7 heteroatoms. The quantitative estimate of drug-likeness (QED) is 0.909. The van der Waals surface area contributed by atoms with Crippen molar-refractivity contribution in [2.45, 2.75) is 32.2 Å². The molecule has 1 aliphatic heterocycles. The topological polar surface area (TPSA) is 54.8 Å². The molecule has 1 saturated heterocycles. The van der Waals surface area contributed by atoms with E-state index in [-0.39, 0.29) is 5.69 Å². The third kappa shape index (κ3) is 3.34. The Morgan fingerprint density at radius 1 is 1.39 bits per heavy atom. The Labute approximate surface area is 134 Å². The van der Waals surface area contributed by atoms with E-state index in [0.29, 0.717) is 11.7 Å². The zero-order valence-electron chi connectivity index (χ0n) is 13.5. The number of aromatic nitrogens is 3. The largest absolute Gasteiger partial charge is 0.366 e. The van der Waals surface area contributed by atoms with Crippen LogP contribution in [0, 0.1) is 6.92 Å². The number of hydrogen-bond acceptors (Lipinski definition) is 4. The highest BCUT2D eigenvalue weighted by Gasteiger charge is 2.29. The lowest BCUT2D eigenvalue weighted by atomic mass is 10.1. The molecule has 1 fully saturated rings. The van der Waals surface area contributed by atoms with E-state index in [1.807, 2.05) is 19.1 Å². The average molecular weight is 321 g/mol. The second kappa shape index (κ2) is 5.88. The molecule has 0 radical (unpaired) electrons. The van der Waals surface area contributed by atoms with Gasteiger partial charge in [-0.15, -0.1) is 0 Å². The molecule has 0 aliphatic carbocycles. The van der Waals surface area contributed by atoms with Crippen LogP contribution in [0.2, 0.25) is 0 Å². The second-order valence-corrected chi connectivity index (χ2v) is 6.09. The minimum absolute atomic E-state index is 0.105. The monoisotopic (exact) mass is 321 g/mol. The lowest BCUT2D eigenvalue weighted by Crippen LogP contribution is -2.22. The molecule has 0 unspecified atom stereocenters. The van der Waals surface area contributed by atoms with Crippen molar-refractivity contribution in [1.29, 1.82) is 0 Å². The van der Waals surface area contributed by atoms with Crippen LogP contribution in [-0.4, -0.2) is 33.9 Å². The van der Waals surface area contributed by atoms with Crippen molar-refractivity contribution in [1.82, 2.24) is 20.1 Å². The van der Waals surface area contributed by atoms with E-state index in [1.165, 1.54) is 17.8 Å². The fraction of sp³-hybridized carbons (Fsp3) is 0.500. The van der Waals surface area contributed by atoms with Crippen LogP contribution in [-0.2, 0) is 13.0 Å². The Morgan fingerprint density at radius 2 is 2.17 bits per heavy atom. The summed E-state index contributed by atoms with van der Waals surface area (Å²) in [7, 11) is 1.53. The van der Waals surface area contributed by atoms with Crippen molar-refractivity contribution in [3.63, 3.8) is 0 Å². The van der Waals surface area contributed by atoms with Crippen LogP contribution in [0.4, 0.5) is 14.6 Å². The van der Waals surface area contributed by atoms with E-state index in [0.717, 1.165) is 43.5 Å². The van der Waals surface area contributed by atoms with Crippen LogP contribution in [0.15, 0.2) is 18.2 Å². The van der Waals surface area contributed by atoms with Gasteiger partial charge in [-0.1, -0.05) is 0 Å². The van der Waals surface area contributed by atoms with Gasteiger partial charge >= 0.3 is 0 Å². The van der Waals surface area contributed by atoms with Gasteiger partial charge in [-0.05, 0) is 38.1 Å². The molecule has 2 aromatic heterocycles. The number of hydrogen-bond donors (Lipinski definition) is 2. The van der Waals surface area contributed by atoms with Gasteiger partial charge in [0.05, 0.1) is 5.69 Å². The third-order valence-electron chi connectivity index (χ3n) is 4.10. The zero-order chi connectivity index (χ0) is 16.6. The Morgan fingerprint density at radius 3 is 2.74 bits per heavy atom.